The van der Waals surface area contributed by atoms with E-state index >= 15 is 0 Å². The molecule has 82 valence electrons. The molecular formula is C9H12FN3O2. The lowest BCUT2D eigenvalue weighted by molar-refractivity contribution is -0.120. The van der Waals surface area contributed by atoms with Gasteiger partial charge in [-0.05, 0) is 12.1 Å². The topological polar surface area (TPSA) is 77.2 Å². The van der Waals surface area contributed by atoms with Gasteiger partial charge >= 0.3 is 0 Å². The van der Waals surface area contributed by atoms with E-state index in [9.17, 15) is 9.18 Å². The van der Waals surface area contributed by atoms with Crippen LogP contribution in [0, 0.1) is 5.95 Å². The molecule has 5 nitrogen and oxygen atoms in total. The van der Waals surface area contributed by atoms with Gasteiger partial charge < -0.3 is 15.8 Å². The summed E-state index contributed by atoms with van der Waals surface area (Å²) < 4.78 is 17.3. The largest absolute Gasteiger partial charge is 0.370 e. The number of hydrogen-bond acceptors (Lipinski definition) is 4. The number of hydrogen-bond donors (Lipinski definition) is 2. The average Bonchev–Trinajstić information content (AvgIpc) is 2.22. The van der Waals surface area contributed by atoms with Crippen molar-refractivity contribution in [2.45, 2.75) is 0 Å². The lowest BCUT2D eigenvalue weighted by Gasteiger charge is -2.04. The lowest BCUT2D eigenvalue weighted by Crippen LogP contribution is -2.20. The number of carbonyl (C=O) groups is 1. The molecule has 1 amide bonds. The van der Waals surface area contributed by atoms with Crippen LogP contribution < -0.4 is 11.1 Å². The van der Waals surface area contributed by atoms with E-state index in [2.05, 4.69) is 10.3 Å². The fourth-order valence-corrected chi connectivity index (χ4v) is 0.895. The molecule has 6 heteroatoms. The number of aromatic nitrogens is 1. The molecule has 0 radical (unpaired) electrons. The van der Waals surface area contributed by atoms with Gasteiger partial charge in [0.1, 0.15) is 6.61 Å². The molecule has 0 unspecified atom stereocenters. The highest BCUT2D eigenvalue weighted by Crippen LogP contribution is 2.04. The number of nitrogens with one attached hydrogen (secondary N) is 1. The highest BCUT2D eigenvalue weighted by Gasteiger charge is 2.02. The zero-order valence-corrected chi connectivity index (χ0v) is 8.07. The molecule has 0 saturated carbocycles. The Labute approximate surface area is 86.4 Å². The predicted octanol–water partition coefficient (Wildman–Crippen LogP) is 0.134. The Bertz CT molecular complexity index is 316. The molecule has 0 aliphatic heterocycles. The Morgan fingerprint density at radius 3 is 3.00 bits per heavy atom. The molecule has 0 fully saturated rings. The molecule has 3 N–H and O–H groups in total. The van der Waals surface area contributed by atoms with Crippen molar-refractivity contribution in [3.63, 3.8) is 0 Å². The van der Waals surface area contributed by atoms with Crippen LogP contribution in [0.2, 0.25) is 0 Å². The van der Waals surface area contributed by atoms with Gasteiger partial charge in [-0.3, -0.25) is 4.79 Å². The maximum absolute atomic E-state index is 12.4. The highest BCUT2D eigenvalue weighted by atomic mass is 19.1. The smallest absolute Gasteiger partial charge is 0.250 e. The van der Waals surface area contributed by atoms with Crippen molar-refractivity contribution < 1.29 is 13.9 Å². The van der Waals surface area contributed by atoms with Crippen LogP contribution in [-0.2, 0) is 9.53 Å². The normalized spacial score (nSPS) is 10.0. The SMILES string of the molecule is NCCOCC(=O)Nc1ccc(F)nc1. The number of amides is 1. The Hall–Kier alpha value is -1.53. The zero-order valence-electron chi connectivity index (χ0n) is 8.07. The molecule has 1 rings (SSSR count). The number of halogens is 1. The first-order valence-electron chi connectivity index (χ1n) is 4.41. The van der Waals surface area contributed by atoms with E-state index < -0.39 is 5.95 Å². The van der Waals surface area contributed by atoms with Gasteiger partial charge in [0.15, 0.2) is 0 Å². The molecule has 1 aromatic heterocycles. The summed E-state index contributed by atoms with van der Waals surface area (Å²) in [5, 5.41) is 2.49. The van der Waals surface area contributed by atoms with Crippen LogP contribution in [0.1, 0.15) is 0 Å². The van der Waals surface area contributed by atoms with Crippen molar-refractivity contribution in [1.82, 2.24) is 4.98 Å². The van der Waals surface area contributed by atoms with Crippen LogP contribution in [0.3, 0.4) is 0 Å². The van der Waals surface area contributed by atoms with Gasteiger partial charge in [0.25, 0.3) is 0 Å². The van der Waals surface area contributed by atoms with E-state index in [0.717, 1.165) is 6.07 Å². The van der Waals surface area contributed by atoms with Crippen LogP contribution in [0.4, 0.5) is 10.1 Å². The van der Waals surface area contributed by atoms with Crippen molar-refractivity contribution in [1.29, 1.82) is 0 Å². The first kappa shape index (κ1) is 11.5. The number of pyridine rings is 1. The number of ether oxygens (including phenoxy) is 1. The summed E-state index contributed by atoms with van der Waals surface area (Å²) in [7, 11) is 0. The van der Waals surface area contributed by atoms with Gasteiger partial charge in [0, 0.05) is 6.54 Å². The Kier molecular flexibility index (Phi) is 4.65. The van der Waals surface area contributed by atoms with Crippen molar-refractivity contribution in [2.75, 3.05) is 25.1 Å². The minimum absolute atomic E-state index is 0.0748. The van der Waals surface area contributed by atoms with E-state index in [4.69, 9.17) is 10.5 Å². The summed E-state index contributed by atoms with van der Waals surface area (Å²) in [5.74, 6) is -0.913. The summed E-state index contributed by atoms with van der Waals surface area (Å²) in [6.07, 6.45) is 1.23. The molecule has 1 aromatic rings. The summed E-state index contributed by atoms with van der Waals surface area (Å²) in [6, 6.07) is 2.58. The Morgan fingerprint density at radius 2 is 2.40 bits per heavy atom. The Balaban J connectivity index is 2.34. The third-order valence-corrected chi connectivity index (χ3v) is 1.51. The van der Waals surface area contributed by atoms with Crippen LogP contribution in [0.15, 0.2) is 18.3 Å². The number of nitrogens with zero attached hydrogens (tertiary/aromatic N) is 1. The summed E-state index contributed by atoms with van der Waals surface area (Å²) in [5.41, 5.74) is 5.60. The van der Waals surface area contributed by atoms with Crippen molar-refractivity contribution in [2.24, 2.45) is 5.73 Å². The second-order valence-corrected chi connectivity index (χ2v) is 2.76. The van der Waals surface area contributed by atoms with Crippen molar-refractivity contribution in [3.8, 4) is 0 Å². The minimum Gasteiger partial charge on any atom is -0.370 e. The number of rotatable bonds is 5. The van der Waals surface area contributed by atoms with Crippen molar-refractivity contribution in [3.05, 3.63) is 24.3 Å². The lowest BCUT2D eigenvalue weighted by atomic mass is 10.4. The average molecular weight is 213 g/mol. The van der Waals surface area contributed by atoms with Gasteiger partial charge in [0.05, 0.1) is 18.5 Å². The van der Waals surface area contributed by atoms with Crippen LogP contribution in [0.5, 0.6) is 0 Å². The van der Waals surface area contributed by atoms with Gasteiger partial charge in [-0.2, -0.15) is 4.39 Å². The third kappa shape index (κ3) is 4.48. The van der Waals surface area contributed by atoms with Gasteiger partial charge in [-0.15, -0.1) is 0 Å². The maximum atomic E-state index is 12.4. The molecule has 0 aromatic carbocycles. The highest BCUT2D eigenvalue weighted by molar-refractivity contribution is 5.91. The van der Waals surface area contributed by atoms with Crippen LogP contribution in [0.25, 0.3) is 0 Å². The molecule has 0 bridgehead atoms. The minimum atomic E-state index is -0.590. The summed E-state index contributed by atoms with van der Waals surface area (Å²) in [6.45, 7) is 0.620. The van der Waals surface area contributed by atoms with Gasteiger partial charge in [-0.1, -0.05) is 0 Å². The second kappa shape index (κ2) is 6.05. The zero-order chi connectivity index (χ0) is 11.1. The maximum Gasteiger partial charge on any atom is 0.250 e. The monoisotopic (exact) mass is 213 g/mol. The van der Waals surface area contributed by atoms with E-state index in [-0.39, 0.29) is 12.5 Å². The first-order chi connectivity index (χ1) is 7.22. The fourth-order valence-electron chi connectivity index (χ4n) is 0.895. The molecule has 0 aliphatic rings. The van der Waals surface area contributed by atoms with E-state index in [1.54, 1.807) is 0 Å². The molecule has 0 atom stereocenters. The predicted molar refractivity (Wildman–Crippen MR) is 52.7 cm³/mol. The molecule has 0 spiro atoms. The Morgan fingerprint density at radius 1 is 1.60 bits per heavy atom. The van der Waals surface area contributed by atoms with E-state index in [1.807, 2.05) is 0 Å². The number of carbonyl (C=O) groups excluding carboxylic acids is 1. The number of anilines is 1. The van der Waals surface area contributed by atoms with Crippen LogP contribution >= 0.6 is 0 Å². The standard InChI is InChI=1S/C9H12FN3O2/c10-8-2-1-7(5-12-8)13-9(14)6-15-4-3-11/h1-2,5H,3-4,6,11H2,(H,13,14). The van der Waals surface area contributed by atoms with Crippen LogP contribution in [-0.4, -0.2) is 30.6 Å². The van der Waals surface area contributed by atoms with E-state index in [1.165, 1.54) is 12.3 Å². The van der Waals surface area contributed by atoms with Gasteiger partial charge in [-0.25, -0.2) is 4.98 Å². The molecule has 1 heterocycles. The van der Waals surface area contributed by atoms with Crippen molar-refractivity contribution >= 4 is 11.6 Å². The molecule has 0 aliphatic carbocycles. The number of nitrogens with two attached hydrogens (primary N) is 1. The fraction of sp³-hybridized carbons (Fsp3) is 0.333. The summed E-state index contributed by atoms with van der Waals surface area (Å²) >= 11 is 0. The quantitative estimate of drug-likeness (QED) is 0.538. The second-order valence-electron chi connectivity index (χ2n) is 2.76. The summed E-state index contributed by atoms with van der Waals surface area (Å²) in [4.78, 5) is 14.6. The van der Waals surface area contributed by atoms with E-state index in [0.29, 0.717) is 18.8 Å². The van der Waals surface area contributed by atoms with Gasteiger partial charge in [0.2, 0.25) is 11.9 Å². The molecule has 0 saturated heterocycles. The molecule has 15 heavy (non-hydrogen) atoms. The first-order valence-corrected chi connectivity index (χ1v) is 4.41. The molecular weight excluding hydrogens is 201 g/mol. The third-order valence-electron chi connectivity index (χ3n) is 1.51.